The topological polar surface area (TPSA) is 64.6 Å². The summed E-state index contributed by atoms with van der Waals surface area (Å²) in [5, 5.41) is 2.77. The number of ether oxygens (including phenoxy) is 2. The predicted octanol–water partition coefficient (Wildman–Crippen LogP) is 3.83. The van der Waals surface area contributed by atoms with E-state index in [-0.39, 0.29) is 30.5 Å². The summed E-state index contributed by atoms with van der Waals surface area (Å²) in [7, 11) is 0. The minimum Gasteiger partial charge on any atom is -0.482 e. The molecule has 5 nitrogen and oxygen atoms in total. The van der Waals surface area contributed by atoms with Crippen molar-refractivity contribution in [2.75, 3.05) is 19.8 Å². The Kier molecular flexibility index (Phi) is 7.61. The summed E-state index contributed by atoms with van der Waals surface area (Å²) < 4.78 is 10.4. The molecule has 0 fully saturated rings. The smallest absolute Gasteiger partial charge is 0.344 e. The Morgan fingerprint density at radius 1 is 0.964 bits per heavy atom. The van der Waals surface area contributed by atoms with E-state index in [4.69, 9.17) is 9.47 Å². The second-order valence-electron chi connectivity index (χ2n) is 7.84. The van der Waals surface area contributed by atoms with Gasteiger partial charge >= 0.3 is 5.97 Å². The number of hydrogen-bond acceptors (Lipinski definition) is 4. The van der Waals surface area contributed by atoms with Gasteiger partial charge < -0.3 is 14.8 Å². The van der Waals surface area contributed by atoms with Gasteiger partial charge in [-0.2, -0.15) is 0 Å². The number of rotatable bonds is 8. The number of hydrogen-bond donors (Lipinski definition) is 1. The van der Waals surface area contributed by atoms with Gasteiger partial charge in [-0.25, -0.2) is 4.79 Å². The van der Waals surface area contributed by atoms with E-state index < -0.39 is 5.97 Å². The molecule has 0 saturated carbocycles. The quantitative estimate of drug-likeness (QED) is 0.704. The molecule has 2 rings (SSSR count). The third kappa shape index (κ3) is 7.06. The molecule has 0 saturated heterocycles. The second-order valence-corrected chi connectivity index (χ2v) is 7.84. The van der Waals surface area contributed by atoms with Gasteiger partial charge in [-0.05, 0) is 34.6 Å². The van der Waals surface area contributed by atoms with Crippen LogP contribution in [0.3, 0.4) is 0 Å². The van der Waals surface area contributed by atoms with E-state index in [0.29, 0.717) is 12.3 Å². The zero-order valence-corrected chi connectivity index (χ0v) is 17.0. The van der Waals surface area contributed by atoms with E-state index in [1.165, 1.54) is 5.56 Å². The molecule has 2 aromatic carbocycles. The SMILES string of the molecule is CC(CNC(=O)COC(=O)COc1ccc(C(C)(C)C)cc1)c1ccccc1. The van der Waals surface area contributed by atoms with Gasteiger partial charge in [0.15, 0.2) is 13.2 Å². The summed E-state index contributed by atoms with van der Waals surface area (Å²) in [5.74, 6) is -0.136. The summed E-state index contributed by atoms with van der Waals surface area (Å²) in [6.07, 6.45) is 0. The van der Waals surface area contributed by atoms with Crippen molar-refractivity contribution >= 4 is 11.9 Å². The fourth-order valence-corrected chi connectivity index (χ4v) is 2.60. The van der Waals surface area contributed by atoms with E-state index in [1.54, 1.807) is 0 Å². The Bertz CT molecular complexity index is 763. The first-order valence-corrected chi connectivity index (χ1v) is 9.46. The van der Waals surface area contributed by atoms with Crippen LogP contribution < -0.4 is 10.1 Å². The molecule has 1 N–H and O–H groups in total. The molecule has 2 aromatic rings. The summed E-state index contributed by atoms with van der Waals surface area (Å²) in [6, 6.07) is 17.5. The van der Waals surface area contributed by atoms with Crippen LogP contribution in [0.25, 0.3) is 0 Å². The summed E-state index contributed by atoms with van der Waals surface area (Å²) in [6.45, 7) is 8.36. The highest BCUT2D eigenvalue weighted by molar-refractivity contribution is 5.80. The van der Waals surface area contributed by atoms with Gasteiger partial charge in [0, 0.05) is 6.54 Å². The molecule has 1 atom stereocenters. The Labute approximate surface area is 167 Å². The molecular formula is C23H29NO4. The molecule has 0 heterocycles. The molecule has 150 valence electrons. The van der Waals surface area contributed by atoms with Gasteiger partial charge in [0.2, 0.25) is 0 Å². The highest BCUT2D eigenvalue weighted by Gasteiger charge is 2.14. The number of carbonyl (C=O) groups excluding carboxylic acids is 2. The Morgan fingerprint density at radius 2 is 1.61 bits per heavy atom. The average Bonchev–Trinajstić information content (AvgIpc) is 2.69. The van der Waals surface area contributed by atoms with E-state index >= 15 is 0 Å². The highest BCUT2D eigenvalue weighted by Crippen LogP contribution is 2.24. The monoisotopic (exact) mass is 383 g/mol. The van der Waals surface area contributed by atoms with Crippen molar-refractivity contribution < 1.29 is 19.1 Å². The number of carbonyl (C=O) groups is 2. The van der Waals surface area contributed by atoms with Crippen LogP contribution in [-0.2, 0) is 19.7 Å². The third-order valence-electron chi connectivity index (χ3n) is 4.42. The minimum absolute atomic E-state index is 0.0584. The van der Waals surface area contributed by atoms with Crippen LogP contribution in [0.15, 0.2) is 54.6 Å². The first-order chi connectivity index (χ1) is 13.3. The summed E-state index contributed by atoms with van der Waals surface area (Å²) >= 11 is 0. The molecule has 0 aromatic heterocycles. The van der Waals surface area contributed by atoms with Crippen LogP contribution in [0.1, 0.15) is 44.7 Å². The first kappa shape index (κ1) is 21.5. The lowest BCUT2D eigenvalue weighted by atomic mass is 9.87. The van der Waals surface area contributed by atoms with E-state index in [2.05, 4.69) is 26.1 Å². The maximum absolute atomic E-state index is 11.9. The van der Waals surface area contributed by atoms with Crippen LogP contribution >= 0.6 is 0 Å². The van der Waals surface area contributed by atoms with Gasteiger partial charge in [-0.3, -0.25) is 4.79 Å². The van der Waals surface area contributed by atoms with Crippen molar-refractivity contribution in [3.05, 3.63) is 65.7 Å². The maximum Gasteiger partial charge on any atom is 0.344 e. The zero-order chi connectivity index (χ0) is 20.6. The number of benzene rings is 2. The number of amides is 1. The lowest BCUT2D eigenvalue weighted by molar-refractivity contribution is -0.150. The van der Waals surface area contributed by atoms with Crippen molar-refractivity contribution in [3.8, 4) is 5.75 Å². The van der Waals surface area contributed by atoms with Gasteiger partial charge in [0.05, 0.1) is 0 Å². The maximum atomic E-state index is 11.9. The molecule has 0 bridgehead atoms. The predicted molar refractivity (Wildman–Crippen MR) is 109 cm³/mol. The standard InChI is InChI=1S/C23H29NO4/c1-17(18-8-6-5-7-9-18)14-24-21(25)15-28-22(26)16-27-20-12-10-19(11-13-20)23(2,3)4/h5-13,17H,14-16H2,1-4H3,(H,24,25). The molecular weight excluding hydrogens is 354 g/mol. The van der Waals surface area contributed by atoms with Gasteiger partial charge in [-0.15, -0.1) is 0 Å². The lowest BCUT2D eigenvalue weighted by Crippen LogP contribution is -2.32. The molecule has 0 radical (unpaired) electrons. The van der Waals surface area contributed by atoms with Crippen molar-refractivity contribution in [1.29, 1.82) is 0 Å². The number of nitrogens with one attached hydrogen (secondary N) is 1. The molecule has 5 heteroatoms. The van der Waals surface area contributed by atoms with Crippen LogP contribution in [0.2, 0.25) is 0 Å². The van der Waals surface area contributed by atoms with Crippen molar-refractivity contribution in [2.24, 2.45) is 0 Å². The van der Waals surface area contributed by atoms with Crippen LogP contribution in [0, 0.1) is 0 Å². The van der Waals surface area contributed by atoms with Gasteiger partial charge in [0.1, 0.15) is 5.75 Å². The third-order valence-corrected chi connectivity index (χ3v) is 4.42. The zero-order valence-electron chi connectivity index (χ0n) is 17.0. The fraction of sp³-hybridized carbons (Fsp3) is 0.391. The van der Waals surface area contributed by atoms with Gasteiger partial charge in [0.25, 0.3) is 5.91 Å². The summed E-state index contributed by atoms with van der Waals surface area (Å²) in [5.41, 5.74) is 2.39. The molecule has 1 amide bonds. The van der Waals surface area contributed by atoms with Gasteiger partial charge in [-0.1, -0.05) is 70.2 Å². The minimum atomic E-state index is -0.578. The molecule has 28 heavy (non-hydrogen) atoms. The largest absolute Gasteiger partial charge is 0.482 e. The van der Waals surface area contributed by atoms with E-state index in [1.807, 2.05) is 61.5 Å². The Morgan fingerprint density at radius 3 is 2.21 bits per heavy atom. The number of esters is 1. The van der Waals surface area contributed by atoms with Crippen molar-refractivity contribution in [3.63, 3.8) is 0 Å². The molecule has 1 unspecified atom stereocenters. The Hall–Kier alpha value is -2.82. The first-order valence-electron chi connectivity index (χ1n) is 9.46. The normalized spacial score (nSPS) is 12.1. The van der Waals surface area contributed by atoms with Crippen LogP contribution in [0.4, 0.5) is 0 Å². The Balaban J connectivity index is 1.67. The van der Waals surface area contributed by atoms with Crippen LogP contribution in [0.5, 0.6) is 5.75 Å². The van der Waals surface area contributed by atoms with E-state index in [9.17, 15) is 9.59 Å². The molecule has 0 aliphatic carbocycles. The van der Waals surface area contributed by atoms with Crippen LogP contribution in [-0.4, -0.2) is 31.6 Å². The average molecular weight is 383 g/mol. The highest BCUT2D eigenvalue weighted by atomic mass is 16.6. The fourth-order valence-electron chi connectivity index (χ4n) is 2.60. The lowest BCUT2D eigenvalue weighted by Gasteiger charge is -2.19. The molecule has 0 aliphatic rings. The van der Waals surface area contributed by atoms with Crippen molar-refractivity contribution in [2.45, 2.75) is 39.0 Å². The molecule has 0 spiro atoms. The molecule has 0 aliphatic heterocycles. The summed E-state index contributed by atoms with van der Waals surface area (Å²) in [4.78, 5) is 23.6. The second kappa shape index (κ2) is 9.93. The van der Waals surface area contributed by atoms with Crippen molar-refractivity contribution in [1.82, 2.24) is 5.32 Å². The van der Waals surface area contributed by atoms with E-state index in [0.717, 1.165) is 5.56 Å².